The van der Waals surface area contributed by atoms with E-state index in [1.165, 1.54) is 18.5 Å². The molecule has 0 atom stereocenters. The Morgan fingerprint density at radius 1 is 1.07 bits per heavy atom. The number of anilines is 1. The lowest BCUT2D eigenvalue weighted by Gasteiger charge is -2.22. The third-order valence-corrected chi connectivity index (χ3v) is 6.77. The van der Waals surface area contributed by atoms with Crippen molar-refractivity contribution in [2.45, 2.75) is 25.3 Å². The standard InChI is InChI=1S/C22H22ClN3O3S/c1-16-5-3-7-21(17(16)2)25-22(27)15-26(14-18-8-10-19(23)11-9-18)30(28,29)20-6-4-12-24-13-20/h3-13H,14-15H2,1-2H3,(H,25,27). The molecule has 1 heterocycles. The van der Waals surface area contributed by atoms with Crippen molar-refractivity contribution in [1.29, 1.82) is 0 Å². The number of nitrogens with zero attached hydrogens (tertiary/aromatic N) is 2. The molecule has 0 aliphatic heterocycles. The van der Waals surface area contributed by atoms with Gasteiger partial charge < -0.3 is 5.32 Å². The van der Waals surface area contributed by atoms with E-state index < -0.39 is 15.9 Å². The van der Waals surface area contributed by atoms with Crippen LogP contribution in [0.15, 0.2) is 71.9 Å². The summed E-state index contributed by atoms with van der Waals surface area (Å²) in [7, 11) is -3.94. The first-order valence-electron chi connectivity index (χ1n) is 9.28. The summed E-state index contributed by atoms with van der Waals surface area (Å²) in [4.78, 5) is 16.7. The second kappa shape index (κ2) is 9.38. The molecule has 2 aromatic carbocycles. The Balaban J connectivity index is 1.87. The fourth-order valence-corrected chi connectivity index (χ4v) is 4.38. The molecule has 0 radical (unpaired) electrons. The van der Waals surface area contributed by atoms with Gasteiger partial charge in [0, 0.05) is 29.6 Å². The van der Waals surface area contributed by atoms with E-state index >= 15 is 0 Å². The average Bonchev–Trinajstić information content (AvgIpc) is 2.73. The summed E-state index contributed by atoms with van der Waals surface area (Å²) in [5.74, 6) is -0.426. The third kappa shape index (κ3) is 5.24. The number of sulfonamides is 1. The lowest BCUT2D eigenvalue weighted by Crippen LogP contribution is -2.37. The SMILES string of the molecule is Cc1cccc(NC(=O)CN(Cc2ccc(Cl)cc2)S(=O)(=O)c2cccnc2)c1C. The molecule has 0 spiro atoms. The molecule has 0 fully saturated rings. The van der Waals surface area contributed by atoms with Crippen LogP contribution in [-0.2, 0) is 21.4 Å². The number of carbonyl (C=O) groups excluding carboxylic acids is 1. The quantitative estimate of drug-likeness (QED) is 0.594. The third-order valence-electron chi connectivity index (χ3n) is 4.74. The molecule has 156 valence electrons. The number of nitrogens with one attached hydrogen (secondary N) is 1. The molecule has 6 nitrogen and oxygen atoms in total. The van der Waals surface area contributed by atoms with Crippen molar-refractivity contribution < 1.29 is 13.2 Å². The summed E-state index contributed by atoms with van der Waals surface area (Å²) in [5.41, 5.74) is 3.34. The molecule has 0 aliphatic carbocycles. The highest BCUT2D eigenvalue weighted by atomic mass is 35.5. The lowest BCUT2D eigenvalue weighted by molar-refractivity contribution is -0.116. The molecule has 1 amide bonds. The van der Waals surface area contributed by atoms with Gasteiger partial charge in [-0.2, -0.15) is 4.31 Å². The number of aromatic nitrogens is 1. The van der Waals surface area contributed by atoms with Gasteiger partial charge in [0.2, 0.25) is 15.9 Å². The molecule has 0 bridgehead atoms. The number of benzene rings is 2. The minimum absolute atomic E-state index is 0.0224. The zero-order valence-corrected chi connectivity index (χ0v) is 18.2. The maximum Gasteiger partial charge on any atom is 0.245 e. The summed E-state index contributed by atoms with van der Waals surface area (Å²) in [6.07, 6.45) is 2.77. The molecular weight excluding hydrogens is 422 g/mol. The van der Waals surface area contributed by atoms with Crippen LogP contribution in [0.1, 0.15) is 16.7 Å². The van der Waals surface area contributed by atoms with Gasteiger partial charge in [0.1, 0.15) is 4.90 Å². The van der Waals surface area contributed by atoms with E-state index in [-0.39, 0.29) is 18.0 Å². The normalized spacial score (nSPS) is 11.5. The van der Waals surface area contributed by atoms with Crippen molar-refractivity contribution in [3.63, 3.8) is 0 Å². The molecule has 1 N–H and O–H groups in total. The van der Waals surface area contributed by atoms with Crippen LogP contribution in [0.5, 0.6) is 0 Å². The first-order valence-corrected chi connectivity index (χ1v) is 11.1. The van der Waals surface area contributed by atoms with Gasteiger partial charge in [-0.3, -0.25) is 9.78 Å². The monoisotopic (exact) mass is 443 g/mol. The maximum atomic E-state index is 13.2. The Morgan fingerprint density at radius 3 is 2.47 bits per heavy atom. The number of carbonyl (C=O) groups is 1. The Labute approximate surface area is 181 Å². The van der Waals surface area contributed by atoms with Crippen LogP contribution in [0.2, 0.25) is 5.02 Å². The van der Waals surface area contributed by atoms with Crippen molar-refractivity contribution in [2.75, 3.05) is 11.9 Å². The summed E-state index contributed by atoms with van der Waals surface area (Å²) >= 11 is 5.93. The van der Waals surface area contributed by atoms with E-state index in [4.69, 9.17) is 11.6 Å². The Kier molecular flexibility index (Phi) is 6.87. The van der Waals surface area contributed by atoms with Crippen LogP contribution >= 0.6 is 11.6 Å². The Bertz CT molecular complexity index is 1130. The van der Waals surface area contributed by atoms with E-state index in [2.05, 4.69) is 10.3 Å². The van der Waals surface area contributed by atoms with Crippen LogP contribution in [-0.4, -0.2) is 30.2 Å². The highest BCUT2D eigenvalue weighted by Gasteiger charge is 2.27. The first kappa shape index (κ1) is 22.0. The topological polar surface area (TPSA) is 79.4 Å². The number of pyridine rings is 1. The molecular formula is C22H22ClN3O3S. The van der Waals surface area contributed by atoms with E-state index in [9.17, 15) is 13.2 Å². The van der Waals surface area contributed by atoms with Crippen molar-refractivity contribution in [3.8, 4) is 0 Å². The van der Waals surface area contributed by atoms with Gasteiger partial charge >= 0.3 is 0 Å². The molecule has 30 heavy (non-hydrogen) atoms. The highest BCUT2D eigenvalue weighted by molar-refractivity contribution is 7.89. The van der Waals surface area contributed by atoms with Crippen LogP contribution in [0.25, 0.3) is 0 Å². The number of aryl methyl sites for hydroxylation is 1. The molecule has 3 aromatic rings. The molecule has 8 heteroatoms. The van der Waals surface area contributed by atoms with Gasteiger partial charge in [-0.15, -0.1) is 0 Å². The van der Waals surface area contributed by atoms with Crippen molar-refractivity contribution in [3.05, 3.63) is 88.7 Å². The molecule has 0 saturated carbocycles. The highest BCUT2D eigenvalue weighted by Crippen LogP contribution is 2.21. The zero-order valence-electron chi connectivity index (χ0n) is 16.7. The number of hydrogen-bond acceptors (Lipinski definition) is 4. The van der Waals surface area contributed by atoms with Crippen molar-refractivity contribution in [2.24, 2.45) is 0 Å². The largest absolute Gasteiger partial charge is 0.325 e. The predicted octanol–water partition coefficient (Wildman–Crippen LogP) is 4.18. The Morgan fingerprint density at radius 2 is 1.80 bits per heavy atom. The van der Waals surface area contributed by atoms with Crippen molar-refractivity contribution in [1.82, 2.24) is 9.29 Å². The summed E-state index contributed by atoms with van der Waals surface area (Å²) in [6, 6.07) is 15.4. The minimum atomic E-state index is -3.94. The van der Waals surface area contributed by atoms with Gasteiger partial charge in [-0.1, -0.05) is 35.9 Å². The first-order chi connectivity index (χ1) is 14.3. The number of hydrogen-bond donors (Lipinski definition) is 1. The van der Waals surface area contributed by atoms with E-state index in [0.717, 1.165) is 15.4 Å². The Hall–Kier alpha value is -2.74. The van der Waals surface area contributed by atoms with Gasteiger partial charge in [0.25, 0.3) is 0 Å². The predicted molar refractivity (Wildman–Crippen MR) is 118 cm³/mol. The van der Waals surface area contributed by atoms with Gasteiger partial charge in [-0.05, 0) is 60.9 Å². The lowest BCUT2D eigenvalue weighted by atomic mass is 10.1. The van der Waals surface area contributed by atoms with Crippen LogP contribution in [0, 0.1) is 13.8 Å². The number of amides is 1. The van der Waals surface area contributed by atoms with E-state index in [0.29, 0.717) is 16.3 Å². The molecule has 0 unspecified atom stereocenters. The van der Waals surface area contributed by atoms with Gasteiger partial charge in [-0.25, -0.2) is 8.42 Å². The van der Waals surface area contributed by atoms with Gasteiger partial charge in [0.05, 0.1) is 6.54 Å². The fraction of sp³-hybridized carbons (Fsp3) is 0.182. The smallest absolute Gasteiger partial charge is 0.245 e. The second-order valence-electron chi connectivity index (χ2n) is 6.88. The fourth-order valence-electron chi connectivity index (χ4n) is 2.90. The number of rotatable bonds is 7. The van der Waals surface area contributed by atoms with Crippen LogP contribution in [0.3, 0.4) is 0 Å². The summed E-state index contributed by atoms with van der Waals surface area (Å²) in [6.45, 7) is 3.54. The number of halogens is 1. The summed E-state index contributed by atoms with van der Waals surface area (Å²) < 4.78 is 27.5. The van der Waals surface area contributed by atoms with Crippen molar-refractivity contribution >= 4 is 33.2 Å². The van der Waals surface area contributed by atoms with Gasteiger partial charge in [0.15, 0.2) is 0 Å². The zero-order chi connectivity index (χ0) is 21.7. The van der Waals surface area contributed by atoms with Crippen LogP contribution < -0.4 is 5.32 Å². The molecule has 0 aliphatic rings. The average molecular weight is 444 g/mol. The summed E-state index contributed by atoms with van der Waals surface area (Å²) in [5, 5.41) is 3.37. The van der Waals surface area contributed by atoms with E-state index in [1.807, 2.05) is 26.0 Å². The molecule has 0 saturated heterocycles. The molecule has 1 aromatic heterocycles. The molecule has 3 rings (SSSR count). The van der Waals surface area contributed by atoms with Crippen LogP contribution in [0.4, 0.5) is 5.69 Å². The minimum Gasteiger partial charge on any atom is -0.325 e. The van der Waals surface area contributed by atoms with E-state index in [1.54, 1.807) is 36.4 Å². The maximum absolute atomic E-state index is 13.2. The second-order valence-corrected chi connectivity index (χ2v) is 9.26.